The molecule has 0 spiro atoms. The predicted octanol–water partition coefficient (Wildman–Crippen LogP) is 3.13. The minimum Gasteiger partial charge on any atom is -0.399 e. The summed E-state index contributed by atoms with van der Waals surface area (Å²) < 4.78 is 20.2. The van der Waals surface area contributed by atoms with Crippen LogP contribution >= 0.6 is 11.3 Å². The van der Waals surface area contributed by atoms with Gasteiger partial charge in [0, 0.05) is 31.7 Å². The highest BCUT2D eigenvalue weighted by Crippen LogP contribution is 2.38. The van der Waals surface area contributed by atoms with Crippen LogP contribution in [0.1, 0.15) is 46.0 Å². The van der Waals surface area contributed by atoms with Crippen molar-refractivity contribution in [1.82, 2.24) is 30.0 Å². The maximum atomic E-state index is 13.5. The molecule has 1 saturated heterocycles. The highest BCUT2D eigenvalue weighted by atomic mass is 32.1. The first-order chi connectivity index (χ1) is 15.7. The lowest BCUT2D eigenvalue weighted by molar-refractivity contribution is 0.0649. The Morgan fingerprint density at radius 2 is 2.03 bits per heavy atom. The number of hydrogen-bond donors (Lipinski definition) is 1. The van der Waals surface area contributed by atoms with Crippen molar-refractivity contribution in [2.24, 2.45) is 0 Å². The second-order valence-electron chi connectivity index (χ2n) is 7.99. The quantitative estimate of drug-likeness (QED) is 0.508. The first-order valence-corrected chi connectivity index (χ1v) is 11.4. The molecule has 1 amide bonds. The number of alkyl halides is 1. The fourth-order valence-corrected chi connectivity index (χ4v) is 5.43. The molecule has 1 aromatic carbocycles. The molecule has 1 atom stereocenters. The first kappa shape index (κ1) is 19.4. The van der Waals surface area contributed by atoms with Gasteiger partial charge in [0.2, 0.25) is 0 Å². The SMILES string of the molecule is O=C(c1nnc(N2CCC(F)CC2)o1)N1CCc2[nH]cnc2[C@H]1c1nc2ccccc2s1. The summed E-state index contributed by atoms with van der Waals surface area (Å²) in [5, 5.41) is 8.85. The van der Waals surface area contributed by atoms with Crippen LogP contribution in [0.25, 0.3) is 10.2 Å². The van der Waals surface area contributed by atoms with Gasteiger partial charge in [0.1, 0.15) is 17.2 Å². The van der Waals surface area contributed by atoms with Gasteiger partial charge in [-0.3, -0.25) is 4.79 Å². The number of carbonyl (C=O) groups excluding carboxylic acids is 1. The van der Waals surface area contributed by atoms with Gasteiger partial charge in [-0.15, -0.1) is 16.4 Å². The number of nitrogens with one attached hydrogen (secondary N) is 1. The lowest BCUT2D eigenvalue weighted by Gasteiger charge is -2.32. The number of imidazole rings is 1. The number of para-hydroxylation sites is 1. The predicted molar refractivity (Wildman–Crippen MR) is 115 cm³/mol. The molecule has 0 unspecified atom stereocenters. The summed E-state index contributed by atoms with van der Waals surface area (Å²) >= 11 is 1.55. The number of amides is 1. The third-order valence-corrected chi connectivity index (χ3v) is 7.11. The molecular formula is C21H20FN7O2S. The lowest BCUT2D eigenvalue weighted by Crippen LogP contribution is -2.41. The molecule has 6 rings (SSSR count). The van der Waals surface area contributed by atoms with Crippen molar-refractivity contribution >= 4 is 33.5 Å². The van der Waals surface area contributed by atoms with Crippen LogP contribution in [-0.4, -0.2) is 61.8 Å². The molecule has 0 radical (unpaired) electrons. The van der Waals surface area contributed by atoms with Gasteiger partial charge in [-0.05, 0) is 25.0 Å². The van der Waals surface area contributed by atoms with E-state index < -0.39 is 12.2 Å². The van der Waals surface area contributed by atoms with E-state index in [2.05, 4.69) is 20.2 Å². The van der Waals surface area contributed by atoms with E-state index in [-0.39, 0.29) is 17.8 Å². The van der Waals surface area contributed by atoms with Crippen molar-refractivity contribution in [3.63, 3.8) is 0 Å². The largest absolute Gasteiger partial charge is 0.399 e. The Balaban J connectivity index is 1.33. The molecule has 32 heavy (non-hydrogen) atoms. The Hall–Kier alpha value is -3.34. The molecule has 164 valence electrons. The minimum absolute atomic E-state index is 0.0764. The maximum absolute atomic E-state index is 13.5. The zero-order valence-electron chi connectivity index (χ0n) is 17.1. The summed E-state index contributed by atoms with van der Waals surface area (Å²) in [4.78, 5) is 29.5. The van der Waals surface area contributed by atoms with E-state index in [1.807, 2.05) is 29.2 Å². The lowest BCUT2D eigenvalue weighted by atomic mass is 10.0. The van der Waals surface area contributed by atoms with Crippen LogP contribution in [0.15, 0.2) is 35.0 Å². The van der Waals surface area contributed by atoms with Crippen LogP contribution in [0.2, 0.25) is 0 Å². The third kappa shape index (κ3) is 3.24. The molecule has 9 nitrogen and oxygen atoms in total. The van der Waals surface area contributed by atoms with E-state index in [1.54, 1.807) is 22.6 Å². The van der Waals surface area contributed by atoms with Gasteiger partial charge in [0.15, 0.2) is 0 Å². The average molecular weight is 454 g/mol. The fourth-order valence-electron chi connectivity index (χ4n) is 4.34. The fraction of sp³-hybridized carbons (Fsp3) is 0.381. The molecule has 5 heterocycles. The van der Waals surface area contributed by atoms with Crippen molar-refractivity contribution in [2.75, 3.05) is 24.5 Å². The number of fused-ring (bicyclic) bond motifs is 2. The van der Waals surface area contributed by atoms with Gasteiger partial charge in [0.05, 0.1) is 22.2 Å². The van der Waals surface area contributed by atoms with Crippen LogP contribution in [0.3, 0.4) is 0 Å². The third-order valence-electron chi connectivity index (χ3n) is 6.02. The smallest absolute Gasteiger partial charge is 0.318 e. The average Bonchev–Trinajstić information content (AvgIpc) is 3.57. The molecule has 2 aliphatic rings. The van der Waals surface area contributed by atoms with Gasteiger partial charge in [-0.2, -0.15) is 0 Å². The highest BCUT2D eigenvalue weighted by molar-refractivity contribution is 7.18. The van der Waals surface area contributed by atoms with Crippen molar-refractivity contribution in [3.8, 4) is 0 Å². The Kier molecular flexibility index (Phi) is 4.63. The number of nitrogens with zero attached hydrogens (tertiary/aromatic N) is 6. The van der Waals surface area contributed by atoms with E-state index in [0.29, 0.717) is 38.9 Å². The molecule has 0 aliphatic carbocycles. The Bertz CT molecular complexity index is 1240. The zero-order valence-corrected chi connectivity index (χ0v) is 17.9. The number of carbonyl (C=O) groups is 1. The zero-order chi connectivity index (χ0) is 21.7. The number of H-pyrrole nitrogens is 1. The number of halogens is 1. The van der Waals surface area contributed by atoms with Crippen molar-refractivity contribution in [1.29, 1.82) is 0 Å². The number of hydrogen-bond acceptors (Lipinski definition) is 8. The molecular weight excluding hydrogens is 433 g/mol. The minimum atomic E-state index is -0.804. The standard InChI is InChI=1S/C21H20FN7O2S/c22-12-5-8-28(9-6-12)21-27-26-18(31-21)20(30)29-10-7-14-16(24-11-23-14)17(29)19-25-13-3-1-2-4-15(13)32-19/h1-4,11-12,17H,5-10H2,(H,23,24)/t17-/m0/s1. The number of aromatic nitrogens is 5. The molecule has 1 fully saturated rings. The number of rotatable bonds is 3. The highest BCUT2D eigenvalue weighted by Gasteiger charge is 2.38. The second-order valence-corrected chi connectivity index (χ2v) is 9.05. The first-order valence-electron chi connectivity index (χ1n) is 10.6. The van der Waals surface area contributed by atoms with E-state index in [4.69, 9.17) is 9.40 Å². The Morgan fingerprint density at radius 3 is 2.88 bits per heavy atom. The van der Waals surface area contributed by atoms with Crippen LogP contribution in [0.5, 0.6) is 0 Å². The number of piperidine rings is 1. The molecule has 0 saturated carbocycles. The Morgan fingerprint density at radius 1 is 1.19 bits per heavy atom. The van der Waals surface area contributed by atoms with Crippen LogP contribution in [-0.2, 0) is 6.42 Å². The molecule has 0 bridgehead atoms. The molecule has 3 aromatic heterocycles. The van der Waals surface area contributed by atoms with Crippen molar-refractivity contribution in [3.05, 3.63) is 52.9 Å². The van der Waals surface area contributed by atoms with Gasteiger partial charge in [-0.25, -0.2) is 14.4 Å². The van der Waals surface area contributed by atoms with Gasteiger partial charge in [0.25, 0.3) is 0 Å². The molecule has 1 N–H and O–H groups in total. The number of aromatic amines is 1. The molecule has 2 aliphatic heterocycles. The topological polar surface area (TPSA) is 104 Å². The van der Waals surface area contributed by atoms with Crippen LogP contribution in [0, 0.1) is 0 Å². The van der Waals surface area contributed by atoms with Crippen LogP contribution in [0.4, 0.5) is 10.4 Å². The molecule has 11 heteroatoms. The van der Waals surface area contributed by atoms with Gasteiger partial charge in [-0.1, -0.05) is 17.2 Å². The normalized spacial score (nSPS) is 19.5. The number of benzene rings is 1. The summed E-state index contributed by atoms with van der Waals surface area (Å²) in [5.41, 5.74) is 2.67. The van der Waals surface area contributed by atoms with E-state index in [0.717, 1.165) is 26.6 Å². The summed E-state index contributed by atoms with van der Waals surface area (Å²) in [6.45, 7) is 1.46. The summed E-state index contributed by atoms with van der Waals surface area (Å²) in [7, 11) is 0. The number of thiazole rings is 1. The second kappa shape index (κ2) is 7.66. The van der Waals surface area contributed by atoms with Crippen molar-refractivity contribution < 1.29 is 13.6 Å². The maximum Gasteiger partial charge on any atom is 0.318 e. The van der Waals surface area contributed by atoms with E-state index >= 15 is 0 Å². The van der Waals surface area contributed by atoms with Crippen LogP contribution < -0.4 is 4.90 Å². The summed E-state index contributed by atoms with van der Waals surface area (Å²) in [6, 6.07) is 7.71. The Labute approximate surface area is 186 Å². The monoisotopic (exact) mass is 453 g/mol. The molecule has 4 aromatic rings. The van der Waals surface area contributed by atoms with E-state index in [9.17, 15) is 9.18 Å². The summed E-state index contributed by atoms with van der Waals surface area (Å²) in [5.74, 6) is -0.436. The van der Waals surface area contributed by atoms with Gasteiger partial charge < -0.3 is 19.2 Å². The number of anilines is 1. The van der Waals surface area contributed by atoms with E-state index in [1.165, 1.54) is 0 Å². The van der Waals surface area contributed by atoms with Gasteiger partial charge >= 0.3 is 17.8 Å². The van der Waals surface area contributed by atoms with Crippen molar-refractivity contribution in [2.45, 2.75) is 31.5 Å². The summed E-state index contributed by atoms with van der Waals surface area (Å²) in [6.07, 6.45) is 2.33.